The predicted molar refractivity (Wildman–Crippen MR) is 84.9 cm³/mol. The highest BCUT2D eigenvalue weighted by molar-refractivity contribution is 7.81. The smallest absolute Gasteiger partial charge is 0.139 e. The number of fused-ring (bicyclic) bond motifs is 5. The second-order valence-electron chi connectivity index (χ2n) is 7.88. The molecule has 3 saturated carbocycles. The van der Waals surface area contributed by atoms with Crippen molar-refractivity contribution in [2.45, 2.75) is 63.5 Å². The van der Waals surface area contributed by atoms with Crippen molar-refractivity contribution < 1.29 is 4.79 Å². The van der Waals surface area contributed by atoms with Gasteiger partial charge in [-0.05, 0) is 68.6 Å². The van der Waals surface area contributed by atoms with E-state index in [1.165, 1.54) is 38.5 Å². The molecule has 0 heterocycles. The molecule has 6 atom stereocenters. The molecule has 0 radical (unpaired) electrons. The summed E-state index contributed by atoms with van der Waals surface area (Å²) in [4.78, 5) is 12.3. The molecular weight excluding hydrogens is 264 g/mol. The zero-order valence-corrected chi connectivity index (χ0v) is 13.4. The number of allylic oxidation sites excluding steroid dienone is 1. The van der Waals surface area contributed by atoms with Gasteiger partial charge in [-0.3, -0.25) is 4.79 Å². The van der Waals surface area contributed by atoms with E-state index in [0.717, 1.165) is 30.6 Å². The van der Waals surface area contributed by atoms with Crippen LogP contribution in [0.5, 0.6) is 0 Å². The molecule has 0 aromatic rings. The fraction of sp³-hybridized carbons (Fsp3) is 0.833. The summed E-state index contributed by atoms with van der Waals surface area (Å²) in [6.45, 7) is 2.28. The third kappa shape index (κ3) is 1.79. The number of Topliss-reactive ketones (excluding diaryl/α,β-unsaturated/α-hetero) is 1. The Kier molecular flexibility index (Phi) is 3.11. The van der Waals surface area contributed by atoms with E-state index < -0.39 is 0 Å². The van der Waals surface area contributed by atoms with E-state index in [2.05, 4.69) is 25.6 Å². The zero-order chi connectivity index (χ0) is 13.9. The summed E-state index contributed by atoms with van der Waals surface area (Å²) >= 11 is 4.66. The van der Waals surface area contributed by atoms with Crippen LogP contribution in [0.3, 0.4) is 0 Å². The maximum Gasteiger partial charge on any atom is 0.139 e. The van der Waals surface area contributed by atoms with Crippen LogP contribution in [0.2, 0.25) is 0 Å². The molecule has 20 heavy (non-hydrogen) atoms. The van der Waals surface area contributed by atoms with E-state index in [4.69, 9.17) is 0 Å². The van der Waals surface area contributed by atoms with Gasteiger partial charge in [0.05, 0.1) is 0 Å². The van der Waals surface area contributed by atoms with E-state index in [-0.39, 0.29) is 5.41 Å². The standard InChI is InChI=1S/C18H26OS/c1-18-9-8-14-13-5-3-12(20)10-11(13)2-4-15(14)16(18)6-7-17(18)19/h10,12-16,20H,2-9H2,1H3/t12?,13-,14+,15+,16-,18-/m0/s1. The average molecular weight is 290 g/mol. The highest BCUT2D eigenvalue weighted by Crippen LogP contribution is 2.60. The first-order valence-corrected chi connectivity index (χ1v) is 9.03. The van der Waals surface area contributed by atoms with Gasteiger partial charge in [-0.1, -0.05) is 18.6 Å². The van der Waals surface area contributed by atoms with E-state index in [1.54, 1.807) is 5.57 Å². The van der Waals surface area contributed by atoms with Gasteiger partial charge in [0.1, 0.15) is 5.78 Å². The number of thiol groups is 1. The van der Waals surface area contributed by atoms with Crippen molar-refractivity contribution in [3.05, 3.63) is 11.6 Å². The third-order valence-electron chi connectivity index (χ3n) is 7.14. The fourth-order valence-corrected chi connectivity index (χ4v) is 6.42. The Morgan fingerprint density at radius 1 is 1.10 bits per heavy atom. The van der Waals surface area contributed by atoms with Gasteiger partial charge in [0.2, 0.25) is 0 Å². The number of carbonyl (C=O) groups is 1. The first kappa shape index (κ1) is 13.4. The summed E-state index contributed by atoms with van der Waals surface area (Å²) in [5.74, 6) is 3.81. The molecule has 4 rings (SSSR count). The minimum absolute atomic E-state index is 0.0448. The molecule has 0 aliphatic heterocycles. The maximum absolute atomic E-state index is 12.3. The van der Waals surface area contributed by atoms with Crippen LogP contribution >= 0.6 is 12.6 Å². The Hall–Kier alpha value is -0.240. The molecule has 0 amide bonds. The van der Waals surface area contributed by atoms with Crippen molar-refractivity contribution in [1.29, 1.82) is 0 Å². The summed E-state index contributed by atoms with van der Waals surface area (Å²) in [5.41, 5.74) is 1.76. The molecule has 4 aliphatic rings. The lowest BCUT2D eigenvalue weighted by atomic mass is 9.52. The SMILES string of the molecule is C[C@]12CC[C@H]3[C@@H](CCC4=CC(S)CC[C@@H]43)[C@@H]1CCC2=O. The molecular formula is C18H26OS. The molecule has 0 bridgehead atoms. The quantitative estimate of drug-likeness (QED) is 0.516. The zero-order valence-electron chi connectivity index (χ0n) is 12.5. The molecule has 110 valence electrons. The van der Waals surface area contributed by atoms with Crippen LogP contribution in [0.4, 0.5) is 0 Å². The second kappa shape index (κ2) is 4.63. The minimum Gasteiger partial charge on any atom is -0.299 e. The van der Waals surface area contributed by atoms with Gasteiger partial charge in [0, 0.05) is 17.1 Å². The molecule has 3 fully saturated rings. The largest absolute Gasteiger partial charge is 0.299 e. The average Bonchev–Trinajstić information content (AvgIpc) is 2.74. The van der Waals surface area contributed by atoms with Gasteiger partial charge >= 0.3 is 0 Å². The lowest BCUT2D eigenvalue weighted by molar-refractivity contribution is -0.131. The Morgan fingerprint density at radius 2 is 1.95 bits per heavy atom. The van der Waals surface area contributed by atoms with Crippen LogP contribution in [0.1, 0.15) is 58.3 Å². The maximum atomic E-state index is 12.3. The van der Waals surface area contributed by atoms with Gasteiger partial charge in [-0.15, -0.1) is 0 Å². The van der Waals surface area contributed by atoms with Gasteiger partial charge < -0.3 is 0 Å². The first-order valence-electron chi connectivity index (χ1n) is 8.51. The van der Waals surface area contributed by atoms with Crippen LogP contribution in [0.15, 0.2) is 11.6 Å². The summed E-state index contributed by atoms with van der Waals surface area (Å²) < 4.78 is 0. The van der Waals surface area contributed by atoms with Crippen molar-refractivity contribution in [3.8, 4) is 0 Å². The molecule has 0 saturated heterocycles. The van der Waals surface area contributed by atoms with Crippen molar-refractivity contribution in [2.24, 2.45) is 29.1 Å². The van der Waals surface area contributed by atoms with Crippen molar-refractivity contribution in [1.82, 2.24) is 0 Å². The fourth-order valence-electron chi connectivity index (χ4n) is 6.08. The van der Waals surface area contributed by atoms with E-state index in [1.807, 2.05) is 0 Å². The molecule has 0 spiro atoms. The van der Waals surface area contributed by atoms with E-state index in [9.17, 15) is 4.79 Å². The third-order valence-corrected chi connectivity index (χ3v) is 7.55. The molecule has 0 aromatic heterocycles. The highest BCUT2D eigenvalue weighted by atomic mass is 32.1. The highest BCUT2D eigenvalue weighted by Gasteiger charge is 2.55. The molecule has 1 nitrogen and oxygen atoms in total. The molecule has 4 aliphatic carbocycles. The Balaban J connectivity index is 1.63. The first-order chi connectivity index (χ1) is 9.59. The molecule has 0 N–H and O–H groups in total. The topological polar surface area (TPSA) is 17.1 Å². The molecule has 0 aromatic carbocycles. The number of hydrogen-bond donors (Lipinski definition) is 1. The van der Waals surface area contributed by atoms with Crippen LogP contribution < -0.4 is 0 Å². The van der Waals surface area contributed by atoms with Crippen LogP contribution in [-0.4, -0.2) is 11.0 Å². The summed E-state index contributed by atoms with van der Waals surface area (Å²) in [6.07, 6.45) is 12.2. The van der Waals surface area contributed by atoms with Gasteiger partial charge in [-0.25, -0.2) is 0 Å². The Labute approximate surface area is 128 Å². The summed E-state index contributed by atoms with van der Waals surface area (Å²) in [7, 11) is 0. The Morgan fingerprint density at radius 3 is 2.80 bits per heavy atom. The second-order valence-corrected chi connectivity index (χ2v) is 8.55. The lowest BCUT2D eigenvalue weighted by Gasteiger charge is -2.52. The van der Waals surface area contributed by atoms with Crippen molar-refractivity contribution >= 4 is 18.4 Å². The van der Waals surface area contributed by atoms with E-state index in [0.29, 0.717) is 17.0 Å². The lowest BCUT2D eigenvalue weighted by Crippen LogP contribution is -2.46. The van der Waals surface area contributed by atoms with Gasteiger partial charge in [0.25, 0.3) is 0 Å². The van der Waals surface area contributed by atoms with E-state index >= 15 is 0 Å². The van der Waals surface area contributed by atoms with Crippen LogP contribution in [0, 0.1) is 29.1 Å². The predicted octanol–water partition coefficient (Wildman–Crippen LogP) is 4.43. The van der Waals surface area contributed by atoms with Crippen molar-refractivity contribution in [2.75, 3.05) is 0 Å². The number of hydrogen-bond acceptors (Lipinski definition) is 2. The van der Waals surface area contributed by atoms with Crippen LogP contribution in [0.25, 0.3) is 0 Å². The summed E-state index contributed by atoms with van der Waals surface area (Å²) in [5, 5.41) is 0.500. The molecule has 1 unspecified atom stereocenters. The van der Waals surface area contributed by atoms with Crippen molar-refractivity contribution in [3.63, 3.8) is 0 Å². The van der Waals surface area contributed by atoms with Crippen LogP contribution in [-0.2, 0) is 4.79 Å². The van der Waals surface area contributed by atoms with Gasteiger partial charge in [0.15, 0.2) is 0 Å². The minimum atomic E-state index is 0.0448. The summed E-state index contributed by atoms with van der Waals surface area (Å²) in [6, 6.07) is 0. The normalized spacial score (nSPS) is 51.0. The molecule has 2 heteroatoms. The number of rotatable bonds is 0. The van der Waals surface area contributed by atoms with Gasteiger partial charge in [-0.2, -0.15) is 12.6 Å². The number of carbonyl (C=O) groups excluding carboxylic acids is 1. The number of ketones is 1. The Bertz CT molecular complexity index is 468. The monoisotopic (exact) mass is 290 g/mol.